The number of nitrogens with one attached hydrogen (secondary N) is 1. The van der Waals surface area contributed by atoms with Crippen molar-refractivity contribution in [1.29, 1.82) is 0 Å². The van der Waals surface area contributed by atoms with Crippen molar-refractivity contribution in [2.45, 2.75) is 6.10 Å². The van der Waals surface area contributed by atoms with Crippen LogP contribution in [0.15, 0.2) is 18.2 Å². The van der Waals surface area contributed by atoms with Crippen molar-refractivity contribution >= 4 is 17.5 Å². The van der Waals surface area contributed by atoms with Gasteiger partial charge in [0.25, 0.3) is 5.91 Å². The van der Waals surface area contributed by atoms with Crippen LogP contribution in [-0.2, 0) is 14.4 Å². The van der Waals surface area contributed by atoms with Gasteiger partial charge in [0.05, 0.1) is 30.8 Å². The molecule has 1 aliphatic rings. The van der Waals surface area contributed by atoms with E-state index in [1.807, 2.05) is 0 Å². The van der Waals surface area contributed by atoms with Crippen LogP contribution in [-0.4, -0.2) is 44.8 Å². The molecule has 5 nitrogen and oxygen atoms in total. The van der Waals surface area contributed by atoms with Crippen molar-refractivity contribution in [3.8, 4) is 0 Å². The van der Waals surface area contributed by atoms with Gasteiger partial charge in [-0.1, -0.05) is 17.7 Å². The molecule has 2 atom stereocenters. The Labute approximate surface area is 127 Å². The van der Waals surface area contributed by atoms with E-state index in [1.165, 1.54) is 26.3 Å². The zero-order valence-corrected chi connectivity index (χ0v) is 12.7. The van der Waals surface area contributed by atoms with Crippen LogP contribution in [0.2, 0.25) is 5.02 Å². The summed E-state index contributed by atoms with van der Waals surface area (Å²) in [6.45, 7) is 1.50. The van der Waals surface area contributed by atoms with Crippen LogP contribution in [0.3, 0.4) is 0 Å². The lowest BCUT2D eigenvalue weighted by atomic mass is 9.94. The topological polar surface area (TPSA) is 50.8 Å². The number of benzene rings is 1. The molecule has 0 bridgehead atoms. The van der Waals surface area contributed by atoms with Gasteiger partial charge in [-0.2, -0.15) is 0 Å². The van der Waals surface area contributed by atoms with Crippen LogP contribution in [0, 0.1) is 11.7 Å². The van der Waals surface area contributed by atoms with Gasteiger partial charge in [-0.25, -0.2) is 9.45 Å². The van der Waals surface area contributed by atoms with E-state index >= 15 is 0 Å². The number of rotatable bonds is 3. The highest BCUT2D eigenvalue weighted by molar-refractivity contribution is 6.30. The first-order valence-corrected chi connectivity index (χ1v) is 7.01. The summed E-state index contributed by atoms with van der Waals surface area (Å²) in [5, 5.41) is 4.33. The van der Waals surface area contributed by atoms with Crippen molar-refractivity contribution in [3.05, 3.63) is 34.6 Å². The molecule has 0 aliphatic carbocycles. The summed E-state index contributed by atoms with van der Waals surface area (Å²) >= 11 is 5.70. The molecule has 0 radical (unpaired) electrons. The van der Waals surface area contributed by atoms with E-state index in [0.29, 0.717) is 25.3 Å². The summed E-state index contributed by atoms with van der Waals surface area (Å²) in [5.41, 5.74) is 0.587. The average Bonchev–Trinajstić information content (AvgIpc) is 2.74. The summed E-state index contributed by atoms with van der Waals surface area (Å²) in [4.78, 5) is 17.3. The summed E-state index contributed by atoms with van der Waals surface area (Å²) in [5.74, 6) is -1.26. The van der Waals surface area contributed by atoms with Gasteiger partial charge in [0.1, 0.15) is 5.82 Å². The van der Waals surface area contributed by atoms with Crippen molar-refractivity contribution < 1.29 is 18.8 Å². The number of hydrogen-bond acceptors (Lipinski definition) is 4. The maximum atomic E-state index is 13.7. The fourth-order valence-corrected chi connectivity index (χ4v) is 2.41. The molecule has 1 aliphatic heterocycles. The highest BCUT2D eigenvalue weighted by Gasteiger charge is 2.34. The largest absolute Gasteiger partial charge is 0.371 e. The highest BCUT2D eigenvalue weighted by atomic mass is 35.5. The van der Waals surface area contributed by atoms with Crippen LogP contribution >= 0.6 is 11.6 Å². The minimum atomic E-state index is -0.545. The van der Waals surface area contributed by atoms with Gasteiger partial charge >= 0.3 is 0 Å². The van der Waals surface area contributed by atoms with Gasteiger partial charge < -0.3 is 10.1 Å². The van der Waals surface area contributed by atoms with Gasteiger partial charge in [0, 0.05) is 20.1 Å². The lowest BCUT2D eigenvalue weighted by Crippen LogP contribution is -2.39. The van der Waals surface area contributed by atoms with E-state index in [9.17, 15) is 9.18 Å². The number of ether oxygens (including phenoxy) is 1. The van der Waals surface area contributed by atoms with Gasteiger partial charge in [0.2, 0.25) is 0 Å². The quantitative estimate of drug-likeness (QED) is 0.864. The van der Waals surface area contributed by atoms with Crippen LogP contribution < -0.4 is 5.32 Å². The number of nitrogens with zero attached hydrogens (tertiary/aromatic N) is 1. The molecular formula is C14H18ClFN2O3. The van der Waals surface area contributed by atoms with Gasteiger partial charge in [-0.05, 0) is 17.7 Å². The first kappa shape index (κ1) is 16.2. The number of carbonyl (C=O) groups excluding carboxylic acids is 1. The molecule has 0 unspecified atom stereocenters. The predicted octanol–water partition coefficient (Wildman–Crippen LogP) is 1.78. The molecule has 0 aromatic heterocycles. The molecule has 0 saturated carbocycles. The molecule has 1 saturated heterocycles. The lowest BCUT2D eigenvalue weighted by molar-refractivity contribution is -0.177. The number of carbonyl (C=O) groups is 1. The summed E-state index contributed by atoms with van der Waals surface area (Å²) in [6.07, 6.45) is -0.545. The molecule has 2 rings (SSSR count). The molecule has 1 aromatic carbocycles. The van der Waals surface area contributed by atoms with Gasteiger partial charge in [0.15, 0.2) is 0 Å². The number of hydrogen-bond donors (Lipinski definition) is 1. The summed E-state index contributed by atoms with van der Waals surface area (Å²) < 4.78 is 19.4. The third-order valence-corrected chi connectivity index (χ3v) is 3.79. The number of amides is 1. The normalized spacial score (nSPS) is 22.7. The number of halogens is 2. The first-order chi connectivity index (χ1) is 10.0. The highest BCUT2D eigenvalue weighted by Crippen LogP contribution is 2.30. The standard InChI is InChI=1S/C14H18ClFN2O3/c1-18(20-2)14(19)10-8-17-5-6-21-13(10)9-3-4-11(15)12(16)7-9/h3-4,7,10,13,17H,5-6,8H2,1-2H3/t10-,13+/m1/s1. The molecule has 7 heteroatoms. The Morgan fingerprint density at radius 1 is 1.57 bits per heavy atom. The van der Waals surface area contributed by atoms with Gasteiger partial charge in [-0.15, -0.1) is 0 Å². The van der Waals surface area contributed by atoms with Crippen molar-refractivity contribution in [2.24, 2.45) is 5.92 Å². The second-order valence-electron chi connectivity index (χ2n) is 4.79. The first-order valence-electron chi connectivity index (χ1n) is 6.63. The van der Waals surface area contributed by atoms with Crippen LogP contribution in [0.1, 0.15) is 11.7 Å². The molecule has 21 heavy (non-hydrogen) atoms. The Morgan fingerprint density at radius 2 is 2.33 bits per heavy atom. The molecule has 1 fully saturated rings. The van der Waals surface area contributed by atoms with E-state index in [0.717, 1.165) is 5.06 Å². The average molecular weight is 317 g/mol. The molecule has 116 valence electrons. The van der Waals surface area contributed by atoms with Crippen molar-refractivity contribution in [3.63, 3.8) is 0 Å². The Kier molecular flexibility index (Phi) is 5.52. The summed E-state index contributed by atoms with van der Waals surface area (Å²) in [7, 11) is 2.95. The van der Waals surface area contributed by atoms with Crippen LogP contribution in [0.4, 0.5) is 4.39 Å². The Hall–Kier alpha value is -1.21. The minimum Gasteiger partial charge on any atom is -0.371 e. The Morgan fingerprint density at radius 3 is 3.00 bits per heavy atom. The molecule has 1 N–H and O–H groups in total. The van der Waals surface area contributed by atoms with Crippen LogP contribution in [0.25, 0.3) is 0 Å². The SMILES string of the molecule is CON(C)C(=O)[C@@H]1CNCCO[C@H]1c1ccc(Cl)c(F)c1. The maximum absolute atomic E-state index is 13.7. The van der Waals surface area contributed by atoms with Crippen molar-refractivity contribution in [2.75, 3.05) is 33.9 Å². The van der Waals surface area contributed by atoms with Gasteiger partial charge in [-0.3, -0.25) is 9.63 Å². The number of hydroxylamine groups is 2. The monoisotopic (exact) mass is 316 g/mol. The van der Waals surface area contributed by atoms with E-state index in [4.69, 9.17) is 21.2 Å². The smallest absolute Gasteiger partial charge is 0.253 e. The molecule has 0 spiro atoms. The van der Waals surface area contributed by atoms with E-state index in [-0.39, 0.29) is 10.9 Å². The zero-order valence-electron chi connectivity index (χ0n) is 11.9. The van der Waals surface area contributed by atoms with Crippen LogP contribution in [0.5, 0.6) is 0 Å². The second-order valence-corrected chi connectivity index (χ2v) is 5.20. The third-order valence-electron chi connectivity index (χ3n) is 3.48. The minimum absolute atomic E-state index is 0.0439. The Bertz CT molecular complexity index is 515. The molecular weight excluding hydrogens is 299 g/mol. The summed E-state index contributed by atoms with van der Waals surface area (Å²) in [6, 6.07) is 4.45. The molecule has 1 heterocycles. The van der Waals surface area contributed by atoms with E-state index < -0.39 is 17.8 Å². The zero-order chi connectivity index (χ0) is 15.4. The van der Waals surface area contributed by atoms with E-state index in [2.05, 4.69) is 5.32 Å². The third kappa shape index (κ3) is 3.71. The maximum Gasteiger partial charge on any atom is 0.253 e. The van der Waals surface area contributed by atoms with Crippen molar-refractivity contribution in [1.82, 2.24) is 10.4 Å². The van der Waals surface area contributed by atoms with E-state index in [1.54, 1.807) is 6.07 Å². The molecule has 1 aromatic rings. The second kappa shape index (κ2) is 7.17. The predicted molar refractivity (Wildman–Crippen MR) is 76.2 cm³/mol. The fourth-order valence-electron chi connectivity index (χ4n) is 2.30. The lowest BCUT2D eigenvalue weighted by Gasteiger charge is -2.27. The fraction of sp³-hybridized carbons (Fsp3) is 0.500. The molecule has 1 amide bonds. The Balaban J connectivity index is 2.30.